The Morgan fingerprint density at radius 1 is 0.290 bits per heavy atom. The molecule has 12 aromatic rings. The van der Waals surface area contributed by atoms with Crippen molar-refractivity contribution in [2.45, 2.75) is 0 Å². The highest BCUT2D eigenvalue weighted by molar-refractivity contribution is 7.25. The highest BCUT2D eigenvalue weighted by atomic mass is 32.1. The first kappa shape index (κ1) is 35.9. The zero-order valence-corrected chi connectivity index (χ0v) is 34.3. The lowest BCUT2D eigenvalue weighted by Crippen LogP contribution is -2.04. The van der Waals surface area contributed by atoms with E-state index in [0.29, 0.717) is 17.5 Å². The van der Waals surface area contributed by atoms with Crippen molar-refractivity contribution in [2.75, 3.05) is 0 Å². The number of hydrogen-bond donors (Lipinski definition) is 0. The van der Waals surface area contributed by atoms with E-state index in [-0.39, 0.29) is 0 Å². The molecule has 62 heavy (non-hydrogen) atoms. The van der Waals surface area contributed by atoms with Gasteiger partial charge in [0, 0.05) is 47.6 Å². The van der Waals surface area contributed by atoms with Crippen LogP contribution in [0.3, 0.4) is 0 Å². The summed E-state index contributed by atoms with van der Waals surface area (Å²) in [5, 5.41) is 4.94. The summed E-state index contributed by atoms with van der Waals surface area (Å²) in [4.78, 5) is 15.8. The topological polar surface area (TPSA) is 43.6 Å². The molecule has 0 amide bonds. The molecular formula is C57H36N4S. The van der Waals surface area contributed by atoms with Crippen molar-refractivity contribution < 1.29 is 0 Å². The maximum Gasteiger partial charge on any atom is 0.166 e. The van der Waals surface area contributed by atoms with E-state index in [0.717, 1.165) is 44.5 Å². The number of benzene rings is 9. The van der Waals surface area contributed by atoms with Gasteiger partial charge in [0.05, 0.1) is 16.7 Å². The molecule has 0 radical (unpaired) electrons. The monoisotopic (exact) mass is 808 g/mol. The molecule has 290 valence electrons. The SMILES string of the molecule is c1ccc(-c2nc(-c3ccccc3)nc(-c3cc(-c4ccc(-c5ccccc5)c(-c5ccccc5)c4)ccc3-n3c4ccccc4c4cc5sc6ccccc6c5cc43)n2)cc1. The molecule has 9 aromatic carbocycles. The fourth-order valence-corrected chi connectivity index (χ4v) is 10.0. The van der Waals surface area contributed by atoms with E-state index in [2.05, 4.69) is 187 Å². The van der Waals surface area contributed by atoms with E-state index in [1.54, 1.807) is 0 Å². The third-order valence-corrected chi connectivity index (χ3v) is 13.0. The van der Waals surface area contributed by atoms with Gasteiger partial charge in [-0.2, -0.15) is 0 Å². The van der Waals surface area contributed by atoms with Crippen LogP contribution in [0.25, 0.3) is 115 Å². The fraction of sp³-hybridized carbons (Fsp3) is 0. The maximum absolute atomic E-state index is 5.33. The first-order chi connectivity index (χ1) is 30.7. The zero-order chi connectivity index (χ0) is 41.0. The summed E-state index contributed by atoms with van der Waals surface area (Å²) in [6.07, 6.45) is 0. The van der Waals surface area contributed by atoms with Crippen molar-refractivity contribution >= 4 is 53.3 Å². The van der Waals surface area contributed by atoms with E-state index in [1.807, 2.05) is 47.7 Å². The van der Waals surface area contributed by atoms with E-state index < -0.39 is 0 Å². The number of para-hydroxylation sites is 1. The molecule has 0 aliphatic heterocycles. The van der Waals surface area contributed by atoms with Gasteiger partial charge in [0.25, 0.3) is 0 Å². The lowest BCUT2D eigenvalue weighted by molar-refractivity contribution is 1.06. The number of thiophene rings is 1. The summed E-state index contributed by atoms with van der Waals surface area (Å²) >= 11 is 1.85. The highest BCUT2D eigenvalue weighted by Crippen LogP contribution is 2.43. The second-order valence-corrected chi connectivity index (χ2v) is 16.7. The Balaban J connectivity index is 1.15. The van der Waals surface area contributed by atoms with Crippen molar-refractivity contribution in [1.29, 1.82) is 0 Å². The van der Waals surface area contributed by atoms with Crippen molar-refractivity contribution in [3.8, 4) is 73.2 Å². The molecule has 3 aromatic heterocycles. The largest absolute Gasteiger partial charge is 0.308 e. The second-order valence-electron chi connectivity index (χ2n) is 15.6. The molecule has 0 aliphatic rings. The lowest BCUT2D eigenvalue weighted by Gasteiger charge is -2.17. The van der Waals surface area contributed by atoms with Crippen LogP contribution in [0.5, 0.6) is 0 Å². The Morgan fingerprint density at radius 2 is 0.806 bits per heavy atom. The molecule has 0 spiro atoms. The van der Waals surface area contributed by atoms with Crippen LogP contribution in [0.15, 0.2) is 218 Å². The number of hydrogen-bond acceptors (Lipinski definition) is 4. The van der Waals surface area contributed by atoms with Gasteiger partial charge in [0.15, 0.2) is 17.5 Å². The Kier molecular flexibility index (Phi) is 8.65. The molecule has 0 bridgehead atoms. The van der Waals surface area contributed by atoms with E-state index in [4.69, 9.17) is 15.0 Å². The van der Waals surface area contributed by atoms with Crippen LogP contribution in [-0.4, -0.2) is 19.5 Å². The molecule has 0 atom stereocenters. The average Bonchev–Trinajstić information content (AvgIpc) is 3.88. The van der Waals surface area contributed by atoms with Crippen molar-refractivity contribution in [3.05, 3.63) is 218 Å². The first-order valence-electron chi connectivity index (χ1n) is 20.8. The molecule has 3 heterocycles. The summed E-state index contributed by atoms with van der Waals surface area (Å²) in [5.74, 6) is 1.85. The highest BCUT2D eigenvalue weighted by Gasteiger charge is 2.22. The molecule has 0 saturated carbocycles. The molecule has 0 N–H and O–H groups in total. The third-order valence-electron chi connectivity index (χ3n) is 11.9. The smallest absolute Gasteiger partial charge is 0.166 e. The normalized spacial score (nSPS) is 11.5. The Bertz CT molecular complexity index is 3560. The minimum atomic E-state index is 0.603. The van der Waals surface area contributed by atoms with Crippen molar-refractivity contribution in [3.63, 3.8) is 0 Å². The number of nitrogens with zero attached hydrogens (tertiary/aromatic N) is 4. The molecule has 12 rings (SSSR count). The van der Waals surface area contributed by atoms with Gasteiger partial charge in [0.1, 0.15) is 0 Å². The number of aromatic nitrogens is 4. The fourth-order valence-electron chi connectivity index (χ4n) is 8.91. The quantitative estimate of drug-likeness (QED) is 0.161. The Labute approximate surface area is 362 Å². The molecule has 0 aliphatic carbocycles. The standard InChI is InChI=1S/C57H36N4S/c1-5-17-37(18-6-1)43-31-29-41(33-46(43)38-19-7-2-8-20-38)42-30-32-51(49(34-42)57-59-55(39-21-9-3-10-22-39)58-56(60-57)40-23-11-4-12-24-40)61-50-27-15-13-25-44(50)47-36-54-48(35-52(47)61)45-26-14-16-28-53(45)62-54/h1-36H. The van der Waals surface area contributed by atoms with E-state index >= 15 is 0 Å². The van der Waals surface area contributed by atoms with Crippen LogP contribution in [0.4, 0.5) is 0 Å². The third kappa shape index (κ3) is 6.18. The molecule has 0 saturated heterocycles. The molecule has 4 nitrogen and oxygen atoms in total. The van der Waals surface area contributed by atoms with Crippen LogP contribution in [0, 0.1) is 0 Å². The average molecular weight is 809 g/mol. The molecule has 0 fully saturated rings. The maximum atomic E-state index is 5.33. The van der Waals surface area contributed by atoms with Gasteiger partial charge >= 0.3 is 0 Å². The van der Waals surface area contributed by atoms with Gasteiger partial charge < -0.3 is 4.57 Å². The van der Waals surface area contributed by atoms with Gasteiger partial charge in [-0.3, -0.25) is 0 Å². The predicted octanol–water partition coefficient (Wildman–Crippen LogP) is 15.3. The van der Waals surface area contributed by atoms with Gasteiger partial charge in [-0.15, -0.1) is 11.3 Å². The summed E-state index contributed by atoms with van der Waals surface area (Å²) in [6, 6.07) is 77.6. The van der Waals surface area contributed by atoms with E-state index in [1.165, 1.54) is 53.2 Å². The minimum absolute atomic E-state index is 0.603. The van der Waals surface area contributed by atoms with Crippen LogP contribution in [0.2, 0.25) is 0 Å². The van der Waals surface area contributed by atoms with Crippen LogP contribution < -0.4 is 0 Å². The number of fused-ring (bicyclic) bond motifs is 6. The summed E-state index contributed by atoms with van der Waals surface area (Å²) < 4.78 is 4.98. The summed E-state index contributed by atoms with van der Waals surface area (Å²) in [6.45, 7) is 0. The van der Waals surface area contributed by atoms with Crippen molar-refractivity contribution in [1.82, 2.24) is 19.5 Å². The Hall–Kier alpha value is -7.99. The van der Waals surface area contributed by atoms with Crippen LogP contribution >= 0.6 is 11.3 Å². The van der Waals surface area contributed by atoms with Gasteiger partial charge in [-0.1, -0.05) is 176 Å². The number of rotatable bonds is 7. The van der Waals surface area contributed by atoms with E-state index in [9.17, 15) is 0 Å². The second kappa shape index (κ2) is 14.9. The molecule has 0 unspecified atom stereocenters. The van der Waals surface area contributed by atoms with Crippen molar-refractivity contribution in [2.24, 2.45) is 0 Å². The summed E-state index contributed by atoms with van der Waals surface area (Å²) in [7, 11) is 0. The Morgan fingerprint density at radius 3 is 1.47 bits per heavy atom. The first-order valence-corrected chi connectivity index (χ1v) is 21.7. The predicted molar refractivity (Wildman–Crippen MR) is 260 cm³/mol. The summed E-state index contributed by atoms with van der Waals surface area (Å²) in [5.41, 5.74) is 12.9. The van der Waals surface area contributed by atoms with Gasteiger partial charge in [-0.05, 0) is 75.8 Å². The molecular weight excluding hydrogens is 773 g/mol. The van der Waals surface area contributed by atoms with Gasteiger partial charge in [0.2, 0.25) is 0 Å². The molecule has 5 heteroatoms. The van der Waals surface area contributed by atoms with Crippen LogP contribution in [0.1, 0.15) is 0 Å². The minimum Gasteiger partial charge on any atom is -0.308 e. The van der Waals surface area contributed by atoms with Gasteiger partial charge in [-0.25, -0.2) is 15.0 Å². The zero-order valence-electron chi connectivity index (χ0n) is 33.5. The van der Waals surface area contributed by atoms with Crippen LogP contribution in [-0.2, 0) is 0 Å². The lowest BCUT2D eigenvalue weighted by atomic mass is 9.90.